The van der Waals surface area contributed by atoms with Crippen LogP contribution in [-0.2, 0) is 9.53 Å². The van der Waals surface area contributed by atoms with Gasteiger partial charge in [-0.25, -0.2) is 4.68 Å². The van der Waals surface area contributed by atoms with Crippen LogP contribution in [-0.4, -0.2) is 46.4 Å². The van der Waals surface area contributed by atoms with Crippen LogP contribution >= 0.6 is 12.2 Å². The molecule has 0 saturated carbocycles. The third kappa shape index (κ3) is 3.10. The number of aromatic nitrogens is 4. The van der Waals surface area contributed by atoms with Gasteiger partial charge in [-0.05, 0) is 19.1 Å². The molecule has 0 aliphatic carbocycles. The van der Waals surface area contributed by atoms with Gasteiger partial charge in [0.05, 0.1) is 6.61 Å². The molecule has 1 unspecified atom stereocenters. The van der Waals surface area contributed by atoms with Crippen molar-refractivity contribution in [2.45, 2.75) is 13.0 Å². The first-order chi connectivity index (χ1) is 7.16. The summed E-state index contributed by atoms with van der Waals surface area (Å²) in [5.41, 5.74) is 0. The van der Waals surface area contributed by atoms with E-state index in [1.807, 2.05) is 0 Å². The largest absolute Gasteiger partial charge is 0.383 e. The molecule has 0 bridgehead atoms. The standard InChI is InChI=1S/C7H13N5O2S/c1-5(6(13)8-3-4-14-2)12-7(15)9-10-11-12/h5H,3-4H2,1-2H3,(H,8,13)(H,9,11,15). The zero-order valence-electron chi connectivity index (χ0n) is 8.56. The van der Waals surface area contributed by atoms with Crippen molar-refractivity contribution in [2.24, 2.45) is 0 Å². The topological polar surface area (TPSA) is 84.8 Å². The molecular weight excluding hydrogens is 218 g/mol. The summed E-state index contributed by atoms with van der Waals surface area (Å²) in [6, 6.07) is -0.454. The van der Waals surface area contributed by atoms with E-state index >= 15 is 0 Å². The van der Waals surface area contributed by atoms with Crippen LogP contribution in [0.3, 0.4) is 0 Å². The van der Waals surface area contributed by atoms with Crippen molar-refractivity contribution in [3.05, 3.63) is 4.77 Å². The first-order valence-corrected chi connectivity index (χ1v) is 4.84. The highest BCUT2D eigenvalue weighted by atomic mass is 32.1. The number of ether oxygens (including phenoxy) is 1. The minimum atomic E-state index is -0.454. The third-order valence-corrected chi connectivity index (χ3v) is 2.14. The number of aromatic amines is 1. The molecule has 1 rings (SSSR count). The zero-order valence-corrected chi connectivity index (χ0v) is 9.37. The average Bonchev–Trinajstić information content (AvgIpc) is 2.63. The SMILES string of the molecule is COCCNC(=O)C(C)n1[nH]nnc1=S. The Bertz CT molecular complexity index is 373. The van der Waals surface area contributed by atoms with Gasteiger partial charge in [0.1, 0.15) is 6.04 Å². The van der Waals surface area contributed by atoms with E-state index < -0.39 is 6.04 Å². The number of hydrogen-bond donors (Lipinski definition) is 2. The highest BCUT2D eigenvalue weighted by Crippen LogP contribution is 2.01. The molecule has 1 aromatic heterocycles. The number of rotatable bonds is 5. The van der Waals surface area contributed by atoms with Gasteiger partial charge in [0, 0.05) is 13.7 Å². The molecule has 7 nitrogen and oxygen atoms in total. The third-order valence-electron chi connectivity index (χ3n) is 1.87. The van der Waals surface area contributed by atoms with Gasteiger partial charge in [0.15, 0.2) is 0 Å². The van der Waals surface area contributed by atoms with E-state index in [2.05, 4.69) is 20.8 Å². The van der Waals surface area contributed by atoms with Gasteiger partial charge in [0.2, 0.25) is 10.7 Å². The normalized spacial score (nSPS) is 12.4. The van der Waals surface area contributed by atoms with Crippen LogP contribution in [0.25, 0.3) is 0 Å². The van der Waals surface area contributed by atoms with Crippen molar-refractivity contribution in [2.75, 3.05) is 20.3 Å². The maximum atomic E-state index is 11.6. The van der Waals surface area contributed by atoms with Crippen LogP contribution in [0.1, 0.15) is 13.0 Å². The molecule has 1 heterocycles. The van der Waals surface area contributed by atoms with E-state index in [1.165, 1.54) is 4.68 Å². The second-order valence-electron chi connectivity index (χ2n) is 2.91. The van der Waals surface area contributed by atoms with Crippen molar-refractivity contribution >= 4 is 18.1 Å². The molecule has 1 aromatic rings. The maximum absolute atomic E-state index is 11.6. The minimum absolute atomic E-state index is 0.158. The summed E-state index contributed by atoms with van der Waals surface area (Å²) >= 11 is 4.87. The summed E-state index contributed by atoms with van der Waals surface area (Å²) < 4.78 is 6.48. The number of tetrazole rings is 1. The van der Waals surface area contributed by atoms with E-state index in [1.54, 1.807) is 14.0 Å². The number of carbonyl (C=O) groups excluding carboxylic acids is 1. The lowest BCUT2D eigenvalue weighted by Crippen LogP contribution is -2.33. The van der Waals surface area contributed by atoms with Gasteiger partial charge in [-0.15, -0.1) is 0 Å². The number of H-pyrrole nitrogens is 1. The smallest absolute Gasteiger partial charge is 0.244 e. The van der Waals surface area contributed by atoms with Gasteiger partial charge in [-0.2, -0.15) is 5.21 Å². The zero-order chi connectivity index (χ0) is 11.3. The molecule has 1 atom stereocenters. The van der Waals surface area contributed by atoms with Crippen LogP contribution in [0.15, 0.2) is 0 Å². The number of hydrogen-bond acceptors (Lipinski definition) is 5. The Morgan fingerprint density at radius 3 is 3.07 bits per heavy atom. The number of nitrogens with one attached hydrogen (secondary N) is 2. The Morgan fingerprint density at radius 2 is 2.53 bits per heavy atom. The molecule has 2 N–H and O–H groups in total. The quantitative estimate of drug-likeness (QED) is 0.535. The number of nitrogens with zero attached hydrogens (tertiary/aromatic N) is 3. The molecule has 0 spiro atoms. The Morgan fingerprint density at radius 1 is 1.80 bits per heavy atom. The summed E-state index contributed by atoms with van der Waals surface area (Å²) in [5.74, 6) is -0.158. The molecule has 8 heteroatoms. The van der Waals surface area contributed by atoms with Gasteiger partial charge >= 0.3 is 0 Å². The maximum Gasteiger partial charge on any atom is 0.244 e. The van der Waals surface area contributed by atoms with E-state index in [9.17, 15) is 4.79 Å². The Hall–Kier alpha value is -1.28. The van der Waals surface area contributed by atoms with Crippen LogP contribution in [0, 0.1) is 4.77 Å². The number of methoxy groups -OCH3 is 1. The molecule has 0 fully saturated rings. The lowest BCUT2D eigenvalue weighted by atomic mass is 10.3. The molecule has 0 saturated heterocycles. The van der Waals surface area contributed by atoms with E-state index in [4.69, 9.17) is 17.0 Å². The van der Waals surface area contributed by atoms with Crippen LogP contribution in [0.4, 0.5) is 0 Å². The summed E-state index contributed by atoms with van der Waals surface area (Å²) in [6.07, 6.45) is 0. The monoisotopic (exact) mass is 231 g/mol. The van der Waals surface area contributed by atoms with Gasteiger partial charge < -0.3 is 10.1 Å². The van der Waals surface area contributed by atoms with E-state index in [-0.39, 0.29) is 10.7 Å². The Labute approximate surface area is 91.8 Å². The second-order valence-corrected chi connectivity index (χ2v) is 3.28. The summed E-state index contributed by atoms with van der Waals surface area (Å²) in [4.78, 5) is 11.6. The van der Waals surface area contributed by atoms with Crippen molar-refractivity contribution in [3.63, 3.8) is 0 Å². The van der Waals surface area contributed by atoms with Crippen molar-refractivity contribution in [1.29, 1.82) is 0 Å². The highest BCUT2D eigenvalue weighted by molar-refractivity contribution is 7.71. The van der Waals surface area contributed by atoms with E-state index in [0.717, 1.165) is 0 Å². The second kappa shape index (κ2) is 5.56. The van der Waals surface area contributed by atoms with Gasteiger partial charge in [0.25, 0.3) is 0 Å². The average molecular weight is 231 g/mol. The Balaban J connectivity index is 2.54. The molecule has 15 heavy (non-hydrogen) atoms. The summed E-state index contributed by atoms with van der Waals surface area (Å²) in [6.45, 7) is 2.65. The first-order valence-electron chi connectivity index (χ1n) is 4.43. The van der Waals surface area contributed by atoms with Gasteiger partial charge in [-0.1, -0.05) is 10.3 Å². The fourth-order valence-corrected chi connectivity index (χ4v) is 1.24. The predicted octanol–water partition coefficient (Wildman–Crippen LogP) is -0.341. The van der Waals surface area contributed by atoms with Crippen molar-refractivity contribution in [1.82, 2.24) is 25.5 Å². The first kappa shape index (κ1) is 11.8. The predicted molar refractivity (Wildman–Crippen MR) is 54.8 cm³/mol. The summed E-state index contributed by atoms with van der Waals surface area (Å²) in [7, 11) is 1.57. The van der Waals surface area contributed by atoms with Gasteiger partial charge in [-0.3, -0.25) is 4.79 Å². The summed E-state index contributed by atoms with van der Waals surface area (Å²) in [5, 5.41) is 12.3. The van der Waals surface area contributed by atoms with Crippen LogP contribution in [0.5, 0.6) is 0 Å². The highest BCUT2D eigenvalue weighted by Gasteiger charge is 2.15. The van der Waals surface area contributed by atoms with Crippen LogP contribution < -0.4 is 5.32 Å². The Kier molecular flexibility index (Phi) is 4.37. The fourth-order valence-electron chi connectivity index (χ4n) is 0.998. The fraction of sp³-hybridized carbons (Fsp3) is 0.714. The molecule has 0 radical (unpaired) electrons. The molecule has 0 aromatic carbocycles. The lowest BCUT2D eigenvalue weighted by Gasteiger charge is -2.11. The molecule has 1 amide bonds. The van der Waals surface area contributed by atoms with E-state index in [0.29, 0.717) is 13.2 Å². The molecular formula is C7H13N5O2S. The van der Waals surface area contributed by atoms with Crippen LogP contribution in [0.2, 0.25) is 0 Å². The lowest BCUT2D eigenvalue weighted by molar-refractivity contribution is -0.124. The molecule has 0 aliphatic heterocycles. The minimum Gasteiger partial charge on any atom is -0.383 e. The van der Waals surface area contributed by atoms with Crippen molar-refractivity contribution < 1.29 is 9.53 Å². The molecule has 84 valence electrons. The number of amides is 1. The van der Waals surface area contributed by atoms with Crippen molar-refractivity contribution in [3.8, 4) is 0 Å². The molecule has 0 aliphatic rings. The number of carbonyl (C=O) groups is 1.